The lowest BCUT2D eigenvalue weighted by atomic mass is 10.1. The highest BCUT2D eigenvalue weighted by Crippen LogP contribution is 2.27. The quantitative estimate of drug-likeness (QED) is 0.584. The van der Waals surface area contributed by atoms with Gasteiger partial charge in [0.05, 0.1) is 17.0 Å². The van der Waals surface area contributed by atoms with E-state index in [4.69, 9.17) is 11.6 Å². The average Bonchev–Trinajstić information content (AvgIpc) is 2.70. The van der Waals surface area contributed by atoms with Gasteiger partial charge in [0.1, 0.15) is 12.6 Å². The van der Waals surface area contributed by atoms with Crippen LogP contribution in [-0.4, -0.2) is 51.0 Å². The van der Waals surface area contributed by atoms with Gasteiger partial charge in [-0.25, -0.2) is 8.42 Å². The third kappa shape index (κ3) is 6.20. The van der Waals surface area contributed by atoms with E-state index in [1.165, 1.54) is 18.0 Å². The smallest absolute Gasteiger partial charge is 0.244 e. The molecule has 0 saturated carbocycles. The van der Waals surface area contributed by atoms with Crippen LogP contribution >= 0.6 is 27.5 Å². The number of rotatable bonds is 8. The molecule has 0 aliphatic rings. The van der Waals surface area contributed by atoms with Crippen LogP contribution in [0.15, 0.2) is 53.0 Å². The van der Waals surface area contributed by atoms with Crippen molar-refractivity contribution in [2.24, 2.45) is 0 Å². The second-order valence-electron chi connectivity index (χ2n) is 6.66. The molecule has 1 N–H and O–H groups in total. The second-order valence-corrected chi connectivity index (χ2v) is 9.89. The molecule has 0 unspecified atom stereocenters. The Morgan fingerprint density at radius 1 is 1.13 bits per heavy atom. The number of amides is 2. The monoisotopic (exact) mass is 515 g/mol. The first-order valence-corrected chi connectivity index (χ1v) is 12.0. The van der Waals surface area contributed by atoms with E-state index in [1.807, 2.05) is 24.3 Å². The van der Waals surface area contributed by atoms with Gasteiger partial charge in [-0.15, -0.1) is 0 Å². The Labute approximate surface area is 190 Å². The summed E-state index contributed by atoms with van der Waals surface area (Å²) < 4.78 is 26.6. The highest BCUT2D eigenvalue weighted by molar-refractivity contribution is 9.10. The third-order valence-electron chi connectivity index (χ3n) is 4.48. The highest BCUT2D eigenvalue weighted by atomic mass is 79.9. The zero-order valence-corrected chi connectivity index (χ0v) is 20.0. The van der Waals surface area contributed by atoms with Crippen LogP contribution in [0, 0.1) is 0 Å². The summed E-state index contributed by atoms with van der Waals surface area (Å²) in [5, 5.41) is 2.73. The molecule has 0 aromatic heterocycles. The van der Waals surface area contributed by atoms with Crippen molar-refractivity contribution in [2.75, 3.05) is 24.2 Å². The first-order chi connectivity index (χ1) is 14.0. The number of anilines is 1. The Kier molecular flexibility index (Phi) is 8.28. The Balaban J connectivity index is 2.38. The summed E-state index contributed by atoms with van der Waals surface area (Å²) in [6.07, 6.45) is 1.00. The van der Waals surface area contributed by atoms with Gasteiger partial charge in [0.25, 0.3) is 0 Å². The number of sulfonamides is 1. The molecule has 7 nitrogen and oxygen atoms in total. The fourth-order valence-electron chi connectivity index (χ4n) is 2.83. The molecule has 10 heteroatoms. The number of benzene rings is 2. The van der Waals surface area contributed by atoms with Crippen molar-refractivity contribution >= 4 is 55.1 Å². The van der Waals surface area contributed by atoms with Crippen molar-refractivity contribution in [2.45, 2.75) is 19.5 Å². The maximum absolute atomic E-state index is 13.2. The molecule has 0 spiro atoms. The molecule has 2 amide bonds. The Bertz CT molecular complexity index is 1010. The molecule has 0 aliphatic carbocycles. The lowest BCUT2D eigenvalue weighted by Gasteiger charge is -2.31. The molecule has 162 valence electrons. The van der Waals surface area contributed by atoms with E-state index in [2.05, 4.69) is 21.2 Å². The van der Waals surface area contributed by atoms with Gasteiger partial charge in [-0.3, -0.25) is 13.9 Å². The van der Waals surface area contributed by atoms with E-state index < -0.39 is 28.5 Å². The zero-order valence-electron chi connectivity index (χ0n) is 16.8. The fourth-order valence-corrected chi connectivity index (χ4v) is 4.24. The molecular weight excluding hydrogens is 494 g/mol. The van der Waals surface area contributed by atoms with E-state index in [0.29, 0.717) is 0 Å². The molecule has 0 saturated heterocycles. The summed E-state index contributed by atoms with van der Waals surface area (Å²) in [5.41, 5.74) is 0.997. The lowest BCUT2D eigenvalue weighted by molar-refractivity contribution is -0.139. The van der Waals surface area contributed by atoms with Crippen LogP contribution in [-0.2, 0) is 26.2 Å². The van der Waals surface area contributed by atoms with Crippen LogP contribution < -0.4 is 9.62 Å². The Morgan fingerprint density at radius 2 is 1.73 bits per heavy atom. The fraction of sp³-hybridized carbons (Fsp3) is 0.300. The number of para-hydroxylation sites is 1. The van der Waals surface area contributed by atoms with Gasteiger partial charge in [0.2, 0.25) is 21.8 Å². The molecule has 0 aliphatic heterocycles. The predicted molar refractivity (Wildman–Crippen MR) is 122 cm³/mol. The zero-order chi connectivity index (χ0) is 22.5. The van der Waals surface area contributed by atoms with E-state index in [1.54, 1.807) is 25.1 Å². The van der Waals surface area contributed by atoms with Crippen molar-refractivity contribution in [3.8, 4) is 0 Å². The largest absolute Gasteiger partial charge is 0.357 e. The topological polar surface area (TPSA) is 86.8 Å². The molecule has 0 radical (unpaired) electrons. The van der Waals surface area contributed by atoms with E-state index in [0.717, 1.165) is 20.6 Å². The van der Waals surface area contributed by atoms with Crippen LogP contribution in [0.3, 0.4) is 0 Å². The van der Waals surface area contributed by atoms with Gasteiger partial charge in [0, 0.05) is 18.1 Å². The van der Waals surface area contributed by atoms with E-state index in [-0.39, 0.29) is 23.2 Å². The second kappa shape index (κ2) is 10.3. The highest BCUT2D eigenvalue weighted by Gasteiger charge is 2.30. The summed E-state index contributed by atoms with van der Waals surface area (Å²) >= 11 is 9.53. The predicted octanol–water partition coefficient (Wildman–Crippen LogP) is 3.03. The number of likely N-dealkylation sites (N-methyl/N-ethyl adjacent to an activating group) is 1. The normalized spacial score (nSPS) is 12.2. The molecule has 30 heavy (non-hydrogen) atoms. The summed E-state index contributed by atoms with van der Waals surface area (Å²) in [6.45, 7) is 1.25. The number of halogens is 2. The Hall–Kier alpha value is -2.10. The van der Waals surface area contributed by atoms with Gasteiger partial charge < -0.3 is 10.2 Å². The van der Waals surface area contributed by atoms with Crippen molar-refractivity contribution in [1.29, 1.82) is 0 Å². The molecule has 2 rings (SSSR count). The molecule has 2 aromatic rings. The van der Waals surface area contributed by atoms with Crippen LogP contribution in [0.2, 0.25) is 5.02 Å². The number of nitrogens with zero attached hydrogens (tertiary/aromatic N) is 2. The van der Waals surface area contributed by atoms with Crippen LogP contribution in [0.5, 0.6) is 0 Å². The summed E-state index contributed by atoms with van der Waals surface area (Å²) in [6, 6.07) is 12.9. The third-order valence-corrected chi connectivity index (χ3v) is 6.45. The first kappa shape index (κ1) is 24.2. The number of carbonyl (C=O) groups is 2. The van der Waals surface area contributed by atoms with Crippen molar-refractivity contribution in [1.82, 2.24) is 10.2 Å². The van der Waals surface area contributed by atoms with Crippen molar-refractivity contribution < 1.29 is 18.0 Å². The van der Waals surface area contributed by atoms with Crippen molar-refractivity contribution in [3.05, 3.63) is 63.6 Å². The minimum atomic E-state index is -3.80. The molecule has 0 fully saturated rings. The van der Waals surface area contributed by atoms with Crippen LogP contribution in [0.1, 0.15) is 12.5 Å². The number of carbonyl (C=O) groups excluding carboxylic acids is 2. The molecule has 2 aromatic carbocycles. The average molecular weight is 517 g/mol. The SMILES string of the molecule is CNC(=O)[C@@H](C)N(Cc1ccc(Br)cc1)C(=O)CN(c1ccccc1Cl)S(C)(=O)=O. The van der Waals surface area contributed by atoms with Gasteiger partial charge in [-0.05, 0) is 36.8 Å². The minimum absolute atomic E-state index is 0.140. The summed E-state index contributed by atoms with van der Waals surface area (Å²) in [7, 11) is -2.32. The van der Waals surface area contributed by atoms with Crippen LogP contribution in [0.25, 0.3) is 0 Å². The molecule has 0 heterocycles. The Morgan fingerprint density at radius 3 is 2.27 bits per heavy atom. The number of nitrogens with one attached hydrogen (secondary N) is 1. The van der Waals surface area contributed by atoms with Gasteiger partial charge in [-0.2, -0.15) is 0 Å². The van der Waals surface area contributed by atoms with E-state index >= 15 is 0 Å². The summed E-state index contributed by atoms with van der Waals surface area (Å²) in [4.78, 5) is 26.8. The number of hydrogen-bond acceptors (Lipinski definition) is 4. The molecule has 0 bridgehead atoms. The maximum atomic E-state index is 13.2. The van der Waals surface area contributed by atoms with Gasteiger partial charge in [-0.1, -0.05) is 51.8 Å². The van der Waals surface area contributed by atoms with E-state index in [9.17, 15) is 18.0 Å². The van der Waals surface area contributed by atoms with Crippen LogP contribution in [0.4, 0.5) is 5.69 Å². The number of hydrogen-bond donors (Lipinski definition) is 1. The van der Waals surface area contributed by atoms with Gasteiger partial charge in [0.15, 0.2) is 0 Å². The van der Waals surface area contributed by atoms with Gasteiger partial charge >= 0.3 is 0 Å². The first-order valence-electron chi connectivity index (χ1n) is 9.02. The molecular formula is C20H23BrClN3O4S. The molecule has 1 atom stereocenters. The maximum Gasteiger partial charge on any atom is 0.244 e. The van der Waals surface area contributed by atoms with Crippen molar-refractivity contribution in [3.63, 3.8) is 0 Å². The summed E-state index contributed by atoms with van der Waals surface area (Å²) in [5.74, 6) is -0.886. The standard InChI is InChI=1S/C20H23BrClN3O4S/c1-14(20(27)23-2)24(12-15-8-10-16(21)11-9-15)19(26)13-25(30(3,28)29)18-7-5-4-6-17(18)22/h4-11,14H,12-13H2,1-3H3,(H,23,27)/t14-/m1/s1. The lowest BCUT2D eigenvalue weighted by Crippen LogP contribution is -2.50. The minimum Gasteiger partial charge on any atom is -0.357 e.